The molecule has 7 heteroatoms. The average molecular weight is 396 g/mol. The number of hydrogen-bond donors (Lipinski definition) is 1. The van der Waals surface area contributed by atoms with E-state index in [1.807, 2.05) is 49.4 Å². The molecule has 2 aromatic carbocycles. The van der Waals surface area contributed by atoms with E-state index in [0.29, 0.717) is 12.2 Å². The van der Waals surface area contributed by atoms with E-state index in [-0.39, 0.29) is 25.3 Å². The van der Waals surface area contributed by atoms with E-state index in [4.69, 9.17) is 9.47 Å². The van der Waals surface area contributed by atoms with Gasteiger partial charge in [0.05, 0.1) is 18.8 Å². The highest BCUT2D eigenvalue weighted by atomic mass is 16.6. The van der Waals surface area contributed by atoms with E-state index in [9.17, 15) is 14.7 Å². The normalized spacial score (nSPS) is 21.0. The first-order valence-corrected chi connectivity index (χ1v) is 9.78. The number of carbonyl (C=O) groups excluding carboxylic acids is 2. The minimum absolute atomic E-state index is 0.0205. The molecule has 152 valence electrons. The SMILES string of the molecule is C[C@@H]1CCc2cc(N3C[C@H](CO)OC3=O)ccc2N1C(=O)OCc1ccccc1. The molecule has 2 amide bonds. The van der Waals surface area contributed by atoms with Crippen LogP contribution in [0, 0.1) is 0 Å². The maximum absolute atomic E-state index is 12.8. The fraction of sp³-hybridized carbons (Fsp3) is 0.364. The van der Waals surface area contributed by atoms with Crippen molar-refractivity contribution in [3.8, 4) is 0 Å². The number of hydrogen-bond acceptors (Lipinski definition) is 5. The Morgan fingerprint density at radius 2 is 2.03 bits per heavy atom. The molecule has 1 saturated heterocycles. The molecule has 0 spiro atoms. The van der Waals surface area contributed by atoms with Crippen LogP contribution in [0.4, 0.5) is 21.0 Å². The topological polar surface area (TPSA) is 79.3 Å². The molecule has 0 saturated carbocycles. The second-order valence-electron chi connectivity index (χ2n) is 7.41. The maximum atomic E-state index is 12.8. The van der Waals surface area contributed by atoms with Crippen LogP contribution in [0.3, 0.4) is 0 Å². The summed E-state index contributed by atoms with van der Waals surface area (Å²) in [5.74, 6) is 0. The molecule has 1 fully saturated rings. The molecule has 2 aliphatic heterocycles. The summed E-state index contributed by atoms with van der Waals surface area (Å²) in [4.78, 5) is 28.1. The molecule has 2 aliphatic rings. The third kappa shape index (κ3) is 3.91. The van der Waals surface area contributed by atoms with Gasteiger partial charge in [0.25, 0.3) is 0 Å². The number of anilines is 2. The van der Waals surface area contributed by atoms with Gasteiger partial charge in [0.2, 0.25) is 0 Å². The Morgan fingerprint density at radius 1 is 1.24 bits per heavy atom. The van der Waals surface area contributed by atoms with E-state index in [1.165, 1.54) is 4.90 Å². The predicted octanol–water partition coefficient (Wildman–Crippen LogP) is 3.48. The van der Waals surface area contributed by atoms with E-state index in [0.717, 1.165) is 29.7 Å². The molecular formula is C22H24N2O5. The Morgan fingerprint density at radius 3 is 2.76 bits per heavy atom. The molecule has 2 atom stereocenters. The quantitative estimate of drug-likeness (QED) is 0.856. The minimum Gasteiger partial charge on any atom is -0.444 e. The number of amides is 2. The zero-order valence-corrected chi connectivity index (χ0v) is 16.3. The van der Waals surface area contributed by atoms with Gasteiger partial charge in [-0.3, -0.25) is 9.80 Å². The maximum Gasteiger partial charge on any atom is 0.414 e. The molecule has 1 N–H and O–H groups in total. The van der Waals surface area contributed by atoms with Crippen molar-refractivity contribution in [2.24, 2.45) is 0 Å². The number of rotatable bonds is 4. The summed E-state index contributed by atoms with van der Waals surface area (Å²) in [6.45, 7) is 2.34. The van der Waals surface area contributed by atoms with Crippen molar-refractivity contribution in [1.82, 2.24) is 0 Å². The molecule has 0 aliphatic carbocycles. The highest BCUT2D eigenvalue weighted by molar-refractivity contribution is 5.93. The van der Waals surface area contributed by atoms with E-state index < -0.39 is 12.2 Å². The molecule has 7 nitrogen and oxygen atoms in total. The smallest absolute Gasteiger partial charge is 0.414 e. The summed E-state index contributed by atoms with van der Waals surface area (Å²) in [7, 11) is 0. The zero-order valence-electron chi connectivity index (χ0n) is 16.3. The highest BCUT2D eigenvalue weighted by Crippen LogP contribution is 2.35. The summed E-state index contributed by atoms with van der Waals surface area (Å²) in [5.41, 5.74) is 3.43. The number of fused-ring (bicyclic) bond motifs is 1. The number of cyclic esters (lactones) is 1. The van der Waals surface area contributed by atoms with Crippen molar-refractivity contribution in [1.29, 1.82) is 0 Å². The standard InChI is InChI=1S/C22H24N2O5/c1-15-7-8-17-11-18(23-12-19(13-25)29-21(23)26)9-10-20(17)24(15)22(27)28-14-16-5-3-2-4-6-16/h2-6,9-11,15,19,25H,7-8,12-14H2,1H3/t15-,19-/m1/s1. The zero-order chi connectivity index (χ0) is 20.4. The minimum atomic E-state index is -0.511. The summed E-state index contributed by atoms with van der Waals surface area (Å²) >= 11 is 0. The van der Waals surface area contributed by atoms with E-state index >= 15 is 0 Å². The lowest BCUT2D eigenvalue weighted by Crippen LogP contribution is -2.42. The number of benzene rings is 2. The van der Waals surface area contributed by atoms with Gasteiger partial charge in [-0.25, -0.2) is 9.59 Å². The van der Waals surface area contributed by atoms with Crippen LogP contribution in [-0.4, -0.2) is 42.6 Å². The Hall–Kier alpha value is -3.06. The largest absolute Gasteiger partial charge is 0.444 e. The van der Waals surface area contributed by atoms with E-state index in [1.54, 1.807) is 11.0 Å². The molecular weight excluding hydrogens is 372 g/mol. The molecule has 0 bridgehead atoms. The fourth-order valence-electron chi connectivity index (χ4n) is 3.80. The summed E-state index contributed by atoms with van der Waals surface area (Å²) < 4.78 is 10.7. The first kappa shape index (κ1) is 19.3. The van der Waals surface area contributed by atoms with Gasteiger partial charge in [-0.15, -0.1) is 0 Å². The van der Waals surface area contributed by atoms with Gasteiger partial charge in [-0.05, 0) is 49.1 Å². The molecule has 0 aromatic heterocycles. The van der Waals surface area contributed by atoms with Gasteiger partial charge in [0.15, 0.2) is 0 Å². The summed E-state index contributed by atoms with van der Waals surface area (Å²) in [6.07, 6.45) is 0.256. The van der Waals surface area contributed by atoms with Crippen LogP contribution < -0.4 is 9.80 Å². The van der Waals surface area contributed by atoms with Crippen LogP contribution in [0.15, 0.2) is 48.5 Å². The average Bonchev–Trinajstić information content (AvgIpc) is 3.13. The van der Waals surface area contributed by atoms with Gasteiger partial charge >= 0.3 is 12.2 Å². The molecule has 0 unspecified atom stereocenters. The van der Waals surface area contributed by atoms with Crippen LogP contribution in [-0.2, 0) is 22.5 Å². The second kappa shape index (κ2) is 8.13. The lowest BCUT2D eigenvalue weighted by atomic mass is 9.96. The summed E-state index contributed by atoms with van der Waals surface area (Å²) in [6, 6.07) is 15.2. The predicted molar refractivity (Wildman–Crippen MR) is 108 cm³/mol. The van der Waals surface area contributed by atoms with Crippen molar-refractivity contribution in [2.75, 3.05) is 23.0 Å². The van der Waals surface area contributed by atoms with Gasteiger partial charge in [0.1, 0.15) is 12.7 Å². The van der Waals surface area contributed by atoms with Crippen molar-refractivity contribution >= 4 is 23.6 Å². The third-order valence-corrected chi connectivity index (χ3v) is 5.39. The lowest BCUT2D eigenvalue weighted by molar-refractivity contribution is 0.0963. The number of ether oxygens (including phenoxy) is 2. The number of aryl methyl sites for hydroxylation is 1. The Labute approximate surface area is 169 Å². The number of carbonyl (C=O) groups is 2. The fourth-order valence-corrected chi connectivity index (χ4v) is 3.80. The van der Waals surface area contributed by atoms with E-state index in [2.05, 4.69) is 0 Å². The first-order valence-electron chi connectivity index (χ1n) is 9.78. The van der Waals surface area contributed by atoms with Gasteiger partial charge in [-0.2, -0.15) is 0 Å². The number of nitrogens with zero attached hydrogens (tertiary/aromatic N) is 2. The Kier molecular flexibility index (Phi) is 5.40. The van der Waals surface area contributed by atoms with Gasteiger partial charge in [0, 0.05) is 11.7 Å². The monoisotopic (exact) mass is 396 g/mol. The van der Waals surface area contributed by atoms with Crippen LogP contribution in [0.5, 0.6) is 0 Å². The van der Waals surface area contributed by atoms with Crippen molar-refractivity contribution in [2.45, 2.75) is 38.5 Å². The van der Waals surface area contributed by atoms with Crippen molar-refractivity contribution in [3.05, 3.63) is 59.7 Å². The Bertz CT molecular complexity index is 901. The van der Waals surface area contributed by atoms with Crippen LogP contribution in [0.2, 0.25) is 0 Å². The molecule has 2 heterocycles. The van der Waals surface area contributed by atoms with Crippen molar-refractivity contribution < 1.29 is 24.2 Å². The molecule has 2 aromatic rings. The molecule has 4 rings (SSSR count). The molecule has 29 heavy (non-hydrogen) atoms. The number of aliphatic hydroxyl groups excluding tert-OH is 1. The first-order chi connectivity index (χ1) is 14.1. The molecule has 0 radical (unpaired) electrons. The van der Waals surface area contributed by atoms with Crippen LogP contribution in [0.1, 0.15) is 24.5 Å². The van der Waals surface area contributed by atoms with Gasteiger partial charge in [-0.1, -0.05) is 30.3 Å². The number of aliphatic hydroxyl groups is 1. The lowest BCUT2D eigenvalue weighted by Gasteiger charge is -2.35. The van der Waals surface area contributed by atoms with Crippen LogP contribution >= 0.6 is 0 Å². The second-order valence-corrected chi connectivity index (χ2v) is 7.41. The van der Waals surface area contributed by atoms with Crippen LogP contribution in [0.25, 0.3) is 0 Å². The van der Waals surface area contributed by atoms with Gasteiger partial charge < -0.3 is 14.6 Å². The Balaban J connectivity index is 1.53. The van der Waals surface area contributed by atoms with Crippen molar-refractivity contribution in [3.63, 3.8) is 0 Å². The highest BCUT2D eigenvalue weighted by Gasteiger charge is 2.34. The summed E-state index contributed by atoms with van der Waals surface area (Å²) in [5, 5.41) is 9.24. The third-order valence-electron chi connectivity index (χ3n) is 5.39.